The van der Waals surface area contributed by atoms with Gasteiger partial charge in [0.15, 0.2) is 8.32 Å². The molecule has 0 aliphatic rings. The van der Waals surface area contributed by atoms with Crippen LogP contribution < -0.4 is 11.1 Å². The Bertz CT molecular complexity index is 133. The maximum absolute atomic E-state index is 10.9. The van der Waals surface area contributed by atoms with E-state index in [-0.39, 0.29) is 12.0 Å². The van der Waals surface area contributed by atoms with Crippen molar-refractivity contribution >= 4 is 14.2 Å². The van der Waals surface area contributed by atoms with Gasteiger partial charge in [0.1, 0.15) is 0 Å². The van der Waals surface area contributed by atoms with Gasteiger partial charge in [-0.15, -0.1) is 0 Å². The summed E-state index contributed by atoms with van der Waals surface area (Å²) in [7, 11) is -2.22. The highest BCUT2D eigenvalue weighted by atomic mass is 28.4. The van der Waals surface area contributed by atoms with E-state index >= 15 is 0 Å². The number of rotatable bonds is 4. The lowest BCUT2D eigenvalue weighted by atomic mass is 10.6. The second kappa shape index (κ2) is 4.48. The van der Waals surface area contributed by atoms with E-state index in [0.29, 0.717) is 13.1 Å². The number of nitrogens with two attached hydrogens (primary N) is 1. The van der Waals surface area contributed by atoms with E-state index in [9.17, 15) is 9.59 Å². The van der Waals surface area contributed by atoms with Crippen molar-refractivity contribution in [1.29, 1.82) is 0 Å². The smallest absolute Gasteiger partial charge is 0.219 e. The van der Waals surface area contributed by atoms with Gasteiger partial charge in [0.05, 0.1) is 0 Å². The Morgan fingerprint density at radius 1 is 1.64 bits per heavy atom. The summed E-state index contributed by atoms with van der Waals surface area (Å²) in [5.74, 6) is -0.102. The van der Waals surface area contributed by atoms with E-state index in [1.165, 1.54) is 0 Å². The Labute approximate surface area is 67.9 Å². The molecular weight excluding hydrogens is 160 g/mol. The van der Waals surface area contributed by atoms with Crippen LogP contribution in [0.4, 0.5) is 0 Å². The first-order chi connectivity index (χ1) is 4.95. The Kier molecular flexibility index (Phi) is 4.32. The minimum Gasteiger partial charge on any atom is -0.432 e. The molecule has 0 unspecified atom stereocenters. The fraction of sp³-hybridized carbons (Fsp3) is 0.833. The molecule has 0 aromatic heterocycles. The lowest BCUT2D eigenvalue weighted by molar-refractivity contribution is -0.119. The van der Waals surface area contributed by atoms with Gasteiger partial charge in [-0.05, 0) is 13.1 Å². The van der Waals surface area contributed by atoms with Crippen molar-refractivity contribution in [3.8, 4) is 0 Å². The quantitative estimate of drug-likeness (QED) is 0.494. The van der Waals surface area contributed by atoms with Crippen molar-refractivity contribution in [3.63, 3.8) is 0 Å². The summed E-state index contributed by atoms with van der Waals surface area (Å²) in [4.78, 5) is 20.3. The minimum absolute atomic E-state index is 0.102. The zero-order chi connectivity index (χ0) is 8.91. The van der Waals surface area contributed by atoms with Crippen LogP contribution in [0.2, 0.25) is 19.1 Å². The summed E-state index contributed by atoms with van der Waals surface area (Å²) in [5.41, 5.74) is 5.17. The number of hydrogen-bond donors (Lipinski definition) is 3. The molecule has 0 atom stereocenters. The predicted molar refractivity (Wildman–Crippen MR) is 46.6 cm³/mol. The van der Waals surface area contributed by atoms with Crippen LogP contribution in [0.5, 0.6) is 0 Å². The van der Waals surface area contributed by atoms with Gasteiger partial charge in [0.25, 0.3) is 0 Å². The van der Waals surface area contributed by atoms with Crippen LogP contribution in [0, 0.1) is 0 Å². The Balaban J connectivity index is 3.53. The van der Waals surface area contributed by atoms with E-state index in [0.717, 1.165) is 0 Å². The average molecular weight is 176 g/mol. The van der Waals surface area contributed by atoms with E-state index < -0.39 is 8.32 Å². The summed E-state index contributed by atoms with van der Waals surface area (Å²) in [6, 6.07) is 0.257. The van der Waals surface area contributed by atoms with Gasteiger partial charge >= 0.3 is 0 Å². The minimum atomic E-state index is -2.22. The number of nitrogens with one attached hydrogen (secondary N) is 1. The van der Waals surface area contributed by atoms with Gasteiger partial charge in [-0.25, -0.2) is 0 Å². The Morgan fingerprint density at radius 3 is 2.55 bits per heavy atom. The van der Waals surface area contributed by atoms with Gasteiger partial charge in [-0.2, -0.15) is 0 Å². The van der Waals surface area contributed by atoms with Crippen LogP contribution in [0.15, 0.2) is 0 Å². The fourth-order valence-corrected chi connectivity index (χ4v) is 1.58. The zero-order valence-electron chi connectivity index (χ0n) is 7.05. The number of carbonyl (C=O) groups excluding carboxylic acids is 1. The molecule has 0 heterocycles. The van der Waals surface area contributed by atoms with Gasteiger partial charge in [-0.3, -0.25) is 4.79 Å². The summed E-state index contributed by atoms with van der Waals surface area (Å²) < 4.78 is 0. The first kappa shape index (κ1) is 10.6. The largest absolute Gasteiger partial charge is 0.432 e. The summed E-state index contributed by atoms with van der Waals surface area (Å²) in [6.45, 7) is 4.40. The highest BCUT2D eigenvalue weighted by Gasteiger charge is 2.20. The molecule has 0 bridgehead atoms. The lowest BCUT2D eigenvalue weighted by Crippen LogP contribution is -2.36. The molecule has 5 heteroatoms. The second-order valence-corrected chi connectivity index (χ2v) is 7.11. The summed E-state index contributed by atoms with van der Waals surface area (Å²) in [6.07, 6.45) is 0. The third-order valence-electron chi connectivity index (χ3n) is 1.06. The molecule has 0 aliphatic heterocycles. The first-order valence-electron chi connectivity index (χ1n) is 3.65. The molecule has 0 spiro atoms. The van der Waals surface area contributed by atoms with Crippen LogP contribution >= 0.6 is 0 Å². The van der Waals surface area contributed by atoms with Gasteiger partial charge < -0.3 is 15.8 Å². The van der Waals surface area contributed by atoms with E-state index in [2.05, 4.69) is 5.32 Å². The molecule has 0 radical (unpaired) electrons. The highest BCUT2D eigenvalue weighted by molar-refractivity contribution is 6.72. The van der Waals surface area contributed by atoms with Gasteiger partial charge in [-0.1, -0.05) is 0 Å². The summed E-state index contributed by atoms with van der Waals surface area (Å²) in [5, 5.41) is 2.60. The zero-order valence-corrected chi connectivity index (χ0v) is 8.05. The van der Waals surface area contributed by atoms with E-state index in [1.54, 1.807) is 13.1 Å². The van der Waals surface area contributed by atoms with Crippen molar-refractivity contribution in [2.24, 2.45) is 5.73 Å². The summed E-state index contributed by atoms with van der Waals surface area (Å²) >= 11 is 0. The fourth-order valence-electron chi connectivity index (χ4n) is 0.667. The molecular formula is C6H16N2O2Si. The van der Waals surface area contributed by atoms with Crippen LogP contribution in [0.3, 0.4) is 0 Å². The first-order valence-corrected chi connectivity index (χ1v) is 6.80. The van der Waals surface area contributed by atoms with Crippen molar-refractivity contribution in [2.75, 3.05) is 13.1 Å². The molecule has 0 rings (SSSR count). The molecule has 0 saturated carbocycles. The molecule has 0 fully saturated rings. The molecule has 11 heavy (non-hydrogen) atoms. The molecule has 1 amide bonds. The second-order valence-electron chi connectivity index (χ2n) is 3.13. The third kappa shape index (κ3) is 7.50. The number of amides is 1. The topological polar surface area (TPSA) is 75.3 Å². The maximum atomic E-state index is 10.9. The van der Waals surface area contributed by atoms with E-state index in [4.69, 9.17) is 5.73 Å². The van der Waals surface area contributed by atoms with Crippen molar-refractivity contribution in [2.45, 2.75) is 19.1 Å². The average Bonchev–Trinajstić information content (AvgIpc) is 1.79. The molecule has 0 aromatic rings. The molecule has 4 nitrogen and oxygen atoms in total. The molecule has 66 valence electrons. The number of carbonyl (C=O) groups is 1. The molecule has 4 N–H and O–H groups in total. The van der Waals surface area contributed by atoms with Crippen LogP contribution in [-0.4, -0.2) is 32.1 Å². The van der Waals surface area contributed by atoms with Gasteiger partial charge in [0, 0.05) is 19.1 Å². The highest BCUT2D eigenvalue weighted by Crippen LogP contribution is 2.02. The lowest BCUT2D eigenvalue weighted by Gasteiger charge is -2.12. The SMILES string of the molecule is C[Si](C)(O)CC(=O)NCCN. The van der Waals surface area contributed by atoms with Gasteiger partial charge in [0.2, 0.25) is 5.91 Å². The number of hydrogen-bond acceptors (Lipinski definition) is 3. The molecule has 0 saturated heterocycles. The van der Waals surface area contributed by atoms with Crippen LogP contribution in [0.25, 0.3) is 0 Å². The third-order valence-corrected chi connectivity index (χ3v) is 2.25. The predicted octanol–water partition coefficient (Wildman–Crippen LogP) is -0.741. The standard InChI is InChI=1S/C6H16N2O2Si/c1-11(2,10)5-6(9)8-4-3-7/h10H,3-5,7H2,1-2H3,(H,8,9). The Morgan fingerprint density at radius 2 is 2.18 bits per heavy atom. The molecule has 0 aromatic carbocycles. The Hall–Kier alpha value is -0.393. The maximum Gasteiger partial charge on any atom is 0.219 e. The van der Waals surface area contributed by atoms with Crippen LogP contribution in [-0.2, 0) is 4.79 Å². The van der Waals surface area contributed by atoms with Crippen molar-refractivity contribution in [1.82, 2.24) is 5.32 Å². The van der Waals surface area contributed by atoms with Crippen LogP contribution in [0.1, 0.15) is 0 Å². The van der Waals surface area contributed by atoms with Crippen molar-refractivity contribution < 1.29 is 9.59 Å². The molecule has 0 aliphatic carbocycles. The monoisotopic (exact) mass is 176 g/mol. The van der Waals surface area contributed by atoms with E-state index in [1.807, 2.05) is 0 Å². The normalized spacial score (nSPS) is 11.3. The van der Waals surface area contributed by atoms with Crippen molar-refractivity contribution in [3.05, 3.63) is 0 Å².